The minimum Gasteiger partial charge on any atom is -0.463 e. The van der Waals surface area contributed by atoms with Crippen molar-refractivity contribution in [2.75, 3.05) is 13.2 Å². The van der Waals surface area contributed by atoms with Gasteiger partial charge in [0, 0.05) is 12.8 Å². The summed E-state index contributed by atoms with van der Waals surface area (Å²) in [6.45, 7) is 4.23. The summed E-state index contributed by atoms with van der Waals surface area (Å²) in [5.41, 5.74) is 0. The number of allylic oxidation sites excluding steroid dienone is 5. The smallest absolute Gasteiger partial charge is 0.305 e. The van der Waals surface area contributed by atoms with E-state index < -0.39 is 6.10 Å². The Kier molecular flexibility index (Phi) is 33.7. The second kappa shape index (κ2) is 36.4. The molecular formula is C45H80O6. The standard InChI is InChI=1S/C45H80O6/c1-3-5-7-9-11-13-15-17-18-19-20-21-22-23-25-27-29-31-33-37-44(47)49-39-41(46)40-50-45(48)38-34-36-43-42(51-43)35-32-30-28-26-24-16-14-12-10-8-6-4-2/h12,14,24,26,30,32,41-43,46H,3-11,13,15-23,25,27-29,31,33-40H2,1-2H3/b14-12-,26-24-,32-30-/t41-,42?,43?/m0/s1. The molecule has 1 saturated heterocycles. The van der Waals surface area contributed by atoms with E-state index in [1.807, 2.05) is 0 Å². The molecule has 0 spiro atoms. The normalized spacial score (nSPS) is 16.5. The fourth-order valence-corrected chi connectivity index (χ4v) is 6.41. The van der Waals surface area contributed by atoms with Crippen molar-refractivity contribution in [2.45, 2.75) is 225 Å². The van der Waals surface area contributed by atoms with Crippen molar-refractivity contribution in [1.29, 1.82) is 0 Å². The second-order valence-electron chi connectivity index (χ2n) is 14.9. The van der Waals surface area contributed by atoms with Gasteiger partial charge in [0.1, 0.15) is 19.3 Å². The number of aliphatic hydroxyl groups is 1. The quantitative estimate of drug-likeness (QED) is 0.0296. The Labute approximate surface area is 314 Å². The average molecular weight is 717 g/mol. The Hall–Kier alpha value is -1.92. The highest BCUT2D eigenvalue weighted by molar-refractivity contribution is 5.69. The van der Waals surface area contributed by atoms with E-state index in [4.69, 9.17) is 14.2 Å². The molecule has 1 rings (SSSR count). The Morgan fingerprint density at radius 3 is 1.45 bits per heavy atom. The summed E-state index contributed by atoms with van der Waals surface area (Å²) in [6.07, 6.45) is 48.0. The molecule has 1 aliphatic rings. The number of ether oxygens (including phenoxy) is 3. The zero-order chi connectivity index (χ0) is 36.9. The molecule has 0 aliphatic carbocycles. The van der Waals surface area contributed by atoms with Crippen molar-refractivity contribution >= 4 is 11.9 Å². The first-order chi connectivity index (χ1) is 25.1. The first kappa shape index (κ1) is 47.1. The van der Waals surface area contributed by atoms with Crippen molar-refractivity contribution < 1.29 is 28.9 Å². The molecule has 0 aromatic heterocycles. The summed E-state index contributed by atoms with van der Waals surface area (Å²) in [6, 6.07) is 0. The Balaban J connectivity index is 1.84. The third-order valence-electron chi connectivity index (χ3n) is 9.80. The van der Waals surface area contributed by atoms with Gasteiger partial charge in [0.05, 0.1) is 12.2 Å². The van der Waals surface area contributed by atoms with E-state index in [0.717, 1.165) is 44.9 Å². The molecule has 51 heavy (non-hydrogen) atoms. The van der Waals surface area contributed by atoms with Gasteiger partial charge >= 0.3 is 11.9 Å². The highest BCUT2D eigenvalue weighted by Gasteiger charge is 2.36. The lowest BCUT2D eigenvalue weighted by molar-refractivity contribution is -0.152. The van der Waals surface area contributed by atoms with Crippen molar-refractivity contribution in [1.82, 2.24) is 0 Å². The molecule has 0 aromatic carbocycles. The van der Waals surface area contributed by atoms with E-state index in [1.165, 1.54) is 128 Å². The average Bonchev–Trinajstić information content (AvgIpc) is 3.88. The van der Waals surface area contributed by atoms with Crippen LogP contribution in [0.15, 0.2) is 36.5 Å². The highest BCUT2D eigenvalue weighted by atomic mass is 16.6. The SMILES string of the molecule is CCCCC/C=C\C/C=C\C/C=C\CC1OC1CCCC(=O)OC[C@@H](O)COC(=O)CCCCCCCCCCCCCCCCCCCCC. The maximum Gasteiger partial charge on any atom is 0.305 e. The van der Waals surface area contributed by atoms with Crippen molar-refractivity contribution in [3.63, 3.8) is 0 Å². The van der Waals surface area contributed by atoms with Gasteiger partial charge in [-0.2, -0.15) is 0 Å². The molecule has 6 heteroatoms. The van der Waals surface area contributed by atoms with Gasteiger partial charge in [-0.25, -0.2) is 0 Å². The van der Waals surface area contributed by atoms with Crippen LogP contribution in [0, 0.1) is 0 Å². The molecule has 1 heterocycles. The second-order valence-corrected chi connectivity index (χ2v) is 14.9. The van der Waals surface area contributed by atoms with Gasteiger partial charge in [-0.15, -0.1) is 0 Å². The summed E-state index contributed by atoms with van der Waals surface area (Å²) in [7, 11) is 0. The molecule has 1 aliphatic heterocycles. The van der Waals surface area contributed by atoms with E-state index in [1.54, 1.807) is 0 Å². The molecule has 0 amide bonds. The molecule has 1 N–H and O–H groups in total. The van der Waals surface area contributed by atoms with Crippen LogP contribution >= 0.6 is 0 Å². The monoisotopic (exact) mass is 717 g/mol. The van der Waals surface area contributed by atoms with Crippen LogP contribution in [0.4, 0.5) is 0 Å². The molecule has 296 valence electrons. The summed E-state index contributed by atoms with van der Waals surface area (Å²) < 4.78 is 16.1. The van der Waals surface area contributed by atoms with Crippen LogP contribution in [-0.4, -0.2) is 48.6 Å². The van der Waals surface area contributed by atoms with E-state index in [0.29, 0.717) is 19.3 Å². The summed E-state index contributed by atoms with van der Waals surface area (Å²) >= 11 is 0. The van der Waals surface area contributed by atoms with E-state index in [-0.39, 0.29) is 37.4 Å². The van der Waals surface area contributed by atoms with Gasteiger partial charge in [0.25, 0.3) is 0 Å². The largest absolute Gasteiger partial charge is 0.463 e. The van der Waals surface area contributed by atoms with Crippen molar-refractivity contribution in [3.8, 4) is 0 Å². The first-order valence-corrected chi connectivity index (χ1v) is 21.7. The van der Waals surface area contributed by atoms with Gasteiger partial charge in [-0.1, -0.05) is 179 Å². The molecule has 3 atom stereocenters. The van der Waals surface area contributed by atoms with E-state index in [9.17, 15) is 14.7 Å². The van der Waals surface area contributed by atoms with Crippen LogP contribution in [0.5, 0.6) is 0 Å². The van der Waals surface area contributed by atoms with Gasteiger partial charge in [0.15, 0.2) is 0 Å². The summed E-state index contributed by atoms with van der Waals surface area (Å²) in [5, 5.41) is 10.1. The maximum absolute atomic E-state index is 12.1. The number of carbonyl (C=O) groups excluding carboxylic acids is 2. The van der Waals surface area contributed by atoms with Gasteiger partial charge in [0.2, 0.25) is 0 Å². The first-order valence-electron chi connectivity index (χ1n) is 21.7. The molecule has 0 radical (unpaired) electrons. The van der Waals surface area contributed by atoms with Gasteiger partial charge < -0.3 is 19.3 Å². The van der Waals surface area contributed by atoms with Crippen LogP contribution < -0.4 is 0 Å². The van der Waals surface area contributed by atoms with E-state index >= 15 is 0 Å². The Morgan fingerprint density at radius 2 is 0.941 bits per heavy atom. The summed E-state index contributed by atoms with van der Waals surface area (Å²) in [4.78, 5) is 24.1. The lowest BCUT2D eigenvalue weighted by atomic mass is 10.0. The lowest BCUT2D eigenvalue weighted by Gasteiger charge is -2.12. The minimum atomic E-state index is -0.993. The number of epoxide rings is 1. The van der Waals surface area contributed by atoms with E-state index in [2.05, 4.69) is 50.3 Å². The third-order valence-corrected chi connectivity index (χ3v) is 9.80. The van der Waals surface area contributed by atoms with Crippen LogP contribution in [-0.2, 0) is 23.8 Å². The van der Waals surface area contributed by atoms with Crippen LogP contribution in [0.3, 0.4) is 0 Å². The number of hydrogen-bond acceptors (Lipinski definition) is 6. The topological polar surface area (TPSA) is 85.4 Å². The number of esters is 2. The van der Waals surface area contributed by atoms with Gasteiger partial charge in [-0.3, -0.25) is 9.59 Å². The number of unbranched alkanes of at least 4 members (excludes halogenated alkanes) is 21. The molecular weight excluding hydrogens is 636 g/mol. The minimum absolute atomic E-state index is 0.137. The van der Waals surface area contributed by atoms with Crippen molar-refractivity contribution in [2.24, 2.45) is 0 Å². The maximum atomic E-state index is 12.1. The molecule has 0 aromatic rings. The Morgan fingerprint density at radius 1 is 0.529 bits per heavy atom. The van der Waals surface area contributed by atoms with Crippen LogP contribution in [0.25, 0.3) is 0 Å². The Bertz CT molecular complexity index is 880. The van der Waals surface area contributed by atoms with Gasteiger partial charge in [-0.05, 0) is 51.4 Å². The molecule has 2 unspecified atom stereocenters. The number of rotatable bonds is 38. The van der Waals surface area contributed by atoms with Crippen molar-refractivity contribution in [3.05, 3.63) is 36.5 Å². The highest BCUT2D eigenvalue weighted by Crippen LogP contribution is 2.30. The predicted octanol–water partition coefficient (Wildman–Crippen LogP) is 12.6. The fourth-order valence-electron chi connectivity index (χ4n) is 6.41. The fraction of sp³-hybridized carbons (Fsp3) is 0.822. The molecule has 6 nitrogen and oxygen atoms in total. The summed E-state index contributed by atoms with van der Waals surface area (Å²) in [5.74, 6) is -0.632. The molecule has 0 saturated carbocycles. The molecule has 1 fully saturated rings. The third kappa shape index (κ3) is 33.7. The number of aliphatic hydroxyl groups excluding tert-OH is 1. The predicted molar refractivity (Wildman–Crippen MR) is 214 cm³/mol. The van der Waals surface area contributed by atoms with Crippen LogP contribution in [0.1, 0.15) is 206 Å². The molecule has 0 bridgehead atoms. The number of hydrogen-bond donors (Lipinski definition) is 1. The number of carbonyl (C=O) groups is 2. The zero-order valence-electron chi connectivity index (χ0n) is 33.3. The van der Waals surface area contributed by atoms with Crippen LogP contribution in [0.2, 0.25) is 0 Å². The zero-order valence-corrected chi connectivity index (χ0v) is 33.3. The lowest BCUT2D eigenvalue weighted by Crippen LogP contribution is -2.25.